The van der Waals surface area contributed by atoms with Gasteiger partial charge in [-0.05, 0) is 58.4 Å². The van der Waals surface area contributed by atoms with E-state index < -0.39 is 11.6 Å². The van der Waals surface area contributed by atoms with Gasteiger partial charge < -0.3 is 15.2 Å². The monoisotopic (exact) mass is 463 g/mol. The minimum atomic E-state index is -0.638. The average molecular weight is 464 g/mol. The maximum atomic E-state index is 15.0. The summed E-state index contributed by atoms with van der Waals surface area (Å²) < 4.78 is 31.8. The van der Waals surface area contributed by atoms with E-state index in [4.69, 9.17) is 0 Å². The Labute approximate surface area is 196 Å². The predicted molar refractivity (Wildman–Crippen MR) is 128 cm³/mol. The zero-order chi connectivity index (χ0) is 24.2. The van der Waals surface area contributed by atoms with Crippen molar-refractivity contribution in [3.05, 3.63) is 59.2 Å². The van der Waals surface area contributed by atoms with Crippen LogP contribution in [0.1, 0.15) is 50.8 Å². The SMILES string of the molecule is Cc1nc2c(F)cc(-c3nc(Nc4ccc5c(n4)CCN[C@H]5C)ncc3F)cc2n1C(C)(C)C. The number of halogens is 2. The molecule has 0 unspecified atom stereocenters. The summed E-state index contributed by atoms with van der Waals surface area (Å²) >= 11 is 0. The normalized spacial score (nSPS) is 16.0. The van der Waals surface area contributed by atoms with Gasteiger partial charge in [0.1, 0.15) is 22.9 Å². The highest BCUT2D eigenvalue weighted by Gasteiger charge is 2.23. The summed E-state index contributed by atoms with van der Waals surface area (Å²) in [4.78, 5) is 17.5. The summed E-state index contributed by atoms with van der Waals surface area (Å²) in [6.45, 7) is 10.8. The van der Waals surface area contributed by atoms with Gasteiger partial charge in [-0.25, -0.2) is 28.7 Å². The molecule has 1 atom stereocenters. The van der Waals surface area contributed by atoms with E-state index in [-0.39, 0.29) is 28.7 Å². The number of rotatable bonds is 3. The van der Waals surface area contributed by atoms with E-state index in [2.05, 4.69) is 37.5 Å². The lowest BCUT2D eigenvalue weighted by Gasteiger charge is -2.24. The van der Waals surface area contributed by atoms with Crippen molar-refractivity contribution in [2.45, 2.75) is 52.6 Å². The maximum Gasteiger partial charge on any atom is 0.229 e. The van der Waals surface area contributed by atoms with Crippen LogP contribution in [0.5, 0.6) is 0 Å². The number of pyridine rings is 1. The maximum absolute atomic E-state index is 15.0. The van der Waals surface area contributed by atoms with E-state index >= 15 is 4.39 Å². The number of anilines is 2. The molecule has 1 aromatic carbocycles. The van der Waals surface area contributed by atoms with Gasteiger partial charge in [0.05, 0.1) is 11.7 Å². The molecule has 2 N–H and O–H groups in total. The van der Waals surface area contributed by atoms with Gasteiger partial charge >= 0.3 is 0 Å². The van der Waals surface area contributed by atoms with Crippen molar-refractivity contribution in [3.8, 4) is 11.3 Å². The number of fused-ring (bicyclic) bond motifs is 2. The molecule has 0 radical (unpaired) electrons. The van der Waals surface area contributed by atoms with Crippen LogP contribution in [0.3, 0.4) is 0 Å². The molecular weight excluding hydrogens is 436 g/mol. The topological polar surface area (TPSA) is 80.6 Å². The van der Waals surface area contributed by atoms with Crippen LogP contribution in [0.15, 0.2) is 30.5 Å². The number of hydrogen-bond donors (Lipinski definition) is 2. The fourth-order valence-electron chi connectivity index (χ4n) is 4.67. The Bertz CT molecular complexity index is 1400. The van der Waals surface area contributed by atoms with Crippen LogP contribution in [0.25, 0.3) is 22.3 Å². The Balaban J connectivity index is 1.55. The Morgan fingerprint density at radius 3 is 2.65 bits per heavy atom. The van der Waals surface area contributed by atoms with Crippen molar-refractivity contribution in [1.29, 1.82) is 0 Å². The predicted octanol–water partition coefficient (Wildman–Crippen LogP) is 5.18. The van der Waals surface area contributed by atoms with Crippen LogP contribution in [0, 0.1) is 18.6 Å². The summed E-state index contributed by atoms with van der Waals surface area (Å²) in [5, 5.41) is 6.47. The lowest BCUT2D eigenvalue weighted by Crippen LogP contribution is -2.28. The van der Waals surface area contributed by atoms with Crippen molar-refractivity contribution >= 4 is 22.8 Å². The molecule has 4 heterocycles. The van der Waals surface area contributed by atoms with Gasteiger partial charge in [0, 0.05) is 35.8 Å². The molecule has 0 fully saturated rings. The van der Waals surface area contributed by atoms with Gasteiger partial charge in [0.25, 0.3) is 0 Å². The van der Waals surface area contributed by atoms with Crippen LogP contribution in [-0.2, 0) is 12.0 Å². The minimum Gasteiger partial charge on any atom is -0.323 e. The van der Waals surface area contributed by atoms with Crippen LogP contribution in [0.4, 0.5) is 20.5 Å². The Morgan fingerprint density at radius 1 is 1.09 bits per heavy atom. The second kappa shape index (κ2) is 8.09. The van der Waals surface area contributed by atoms with Crippen molar-refractivity contribution in [3.63, 3.8) is 0 Å². The molecular formula is C25H27F2N7. The number of benzene rings is 1. The molecule has 176 valence electrons. The summed E-state index contributed by atoms with van der Waals surface area (Å²) in [5.41, 5.74) is 3.01. The van der Waals surface area contributed by atoms with E-state index in [9.17, 15) is 4.39 Å². The van der Waals surface area contributed by atoms with Crippen molar-refractivity contribution < 1.29 is 8.78 Å². The number of nitrogens with zero attached hydrogens (tertiary/aromatic N) is 5. The molecule has 1 aliphatic heterocycles. The molecule has 0 saturated heterocycles. The fourth-order valence-corrected chi connectivity index (χ4v) is 4.67. The van der Waals surface area contributed by atoms with Crippen LogP contribution < -0.4 is 10.6 Å². The Hall–Kier alpha value is -3.46. The number of hydrogen-bond acceptors (Lipinski definition) is 6. The largest absolute Gasteiger partial charge is 0.323 e. The first-order valence-corrected chi connectivity index (χ1v) is 11.3. The van der Waals surface area contributed by atoms with Gasteiger partial charge in [0.2, 0.25) is 5.95 Å². The average Bonchev–Trinajstić information content (AvgIpc) is 3.12. The molecule has 7 nitrogen and oxygen atoms in total. The molecule has 9 heteroatoms. The molecule has 0 aliphatic carbocycles. The first kappa shape index (κ1) is 22.3. The minimum absolute atomic E-state index is 0.00777. The lowest BCUT2D eigenvalue weighted by molar-refractivity contribution is 0.399. The smallest absolute Gasteiger partial charge is 0.229 e. The third kappa shape index (κ3) is 3.90. The molecule has 5 rings (SSSR count). The number of aromatic nitrogens is 5. The molecule has 3 aromatic heterocycles. The van der Waals surface area contributed by atoms with Gasteiger partial charge in [-0.1, -0.05) is 6.07 Å². The van der Waals surface area contributed by atoms with Crippen LogP contribution in [0.2, 0.25) is 0 Å². The second-order valence-corrected chi connectivity index (χ2v) is 9.66. The van der Waals surface area contributed by atoms with Crippen molar-refractivity contribution in [2.24, 2.45) is 0 Å². The van der Waals surface area contributed by atoms with Crippen LogP contribution >= 0.6 is 0 Å². The van der Waals surface area contributed by atoms with Gasteiger partial charge in [-0.3, -0.25) is 0 Å². The summed E-state index contributed by atoms with van der Waals surface area (Å²) in [6.07, 6.45) is 1.91. The molecule has 0 amide bonds. The first-order chi connectivity index (χ1) is 16.1. The molecule has 1 aliphatic rings. The second-order valence-electron chi connectivity index (χ2n) is 9.66. The summed E-state index contributed by atoms with van der Waals surface area (Å²) in [7, 11) is 0. The van der Waals surface area contributed by atoms with Crippen molar-refractivity contribution in [2.75, 3.05) is 11.9 Å². The van der Waals surface area contributed by atoms with E-state index in [1.165, 1.54) is 6.07 Å². The molecule has 0 spiro atoms. The first-order valence-electron chi connectivity index (χ1n) is 11.3. The van der Waals surface area contributed by atoms with E-state index in [1.807, 2.05) is 44.4 Å². The molecule has 0 saturated carbocycles. The van der Waals surface area contributed by atoms with E-state index in [1.54, 1.807) is 6.07 Å². The zero-order valence-electron chi connectivity index (χ0n) is 19.9. The van der Waals surface area contributed by atoms with E-state index in [0.29, 0.717) is 22.7 Å². The summed E-state index contributed by atoms with van der Waals surface area (Å²) in [5.74, 6) is 0.290. The highest BCUT2D eigenvalue weighted by Crippen LogP contribution is 2.32. The van der Waals surface area contributed by atoms with Gasteiger partial charge in [-0.15, -0.1) is 0 Å². The number of aryl methyl sites for hydroxylation is 1. The van der Waals surface area contributed by atoms with E-state index in [0.717, 1.165) is 30.4 Å². The van der Waals surface area contributed by atoms with Crippen molar-refractivity contribution in [1.82, 2.24) is 29.8 Å². The Morgan fingerprint density at radius 2 is 1.88 bits per heavy atom. The lowest BCUT2D eigenvalue weighted by atomic mass is 10.0. The molecule has 4 aromatic rings. The quantitative estimate of drug-likeness (QED) is 0.436. The zero-order valence-corrected chi connectivity index (χ0v) is 19.9. The third-order valence-corrected chi connectivity index (χ3v) is 6.10. The third-order valence-electron chi connectivity index (χ3n) is 6.10. The molecule has 0 bridgehead atoms. The number of nitrogens with one attached hydrogen (secondary N) is 2. The summed E-state index contributed by atoms with van der Waals surface area (Å²) in [6, 6.07) is 7.11. The van der Waals surface area contributed by atoms with Gasteiger partial charge in [0.15, 0.2) is 11.6 Å². The fraction of sp³-hybridized carbons (Fsp3) is 0.360. The highest BCUT2D eigenvalue weighted by molar-refractivity contribution is 5.83. The standard InChI is InChI=1S/C25H27F2N7/c1-13-16-6-7-21(31-19(16)8-9-28-13)32-24-29-12-18(27)22(33-24)15-10-17(26)23-20(11-15)34(14(2)30-23)25(3,4)5/h6-7,10-13,28H,8-9H2,1-5H3,(H,29,31,32,33)/t13-/m0/s1. The Kier molecular flexibility index (Phi) is 5.31. The highest BCUT2D eigenvalue weighted by atomic mass is 19.1. The van der Waals surface area contributed by atoms with Crippen LogP contribution in [-0.4, -0.2) is 31.0 Å². The van der Waals surface area contributed by atoms with Gasteiger partial charge in [-0.2, -0.15) is 0 Å². The number of imidazole rings is 1. The molecule has 34 heavy (non-hydrogen) atoms.